The van der Waals surface area contributed by atoms with Gasteiger partial charge in [0.15, 0.2) is 5.78 Å². The number of carbonyl (C=O) groups is 1. The molecule has 0 N–H and O–H groups in total. The quantitative estimate of drug-likeness (QED) is 0.592. The van der Waals surface area contributed by atoms with Crippen LogP contribution in [0.4, 0.5) is 0 Å². The second kappa shape index (κ2) is 3.47. The van der Waals surface area contributed by atoms with Gasteiger partial charge >= 0.3 is 0 Å². The van der Waals surface area contributed by atoms with E-state index in [2.05, 4.69) is 27.7 Å². The lowest BCUT2D eigenvalue weighted by Gasteiger charge is -2.43. The standard InChI is InChI=1S/C14H22O/c1-9-5-6-11-7-13(15)14(3,4)8-12(11)10(9)2/h7,9-10,12H,5-6,8H2,1-4H3. The summed E-state index contributed by atoms with van der Waals surface area (Å²) in [6.45, 7) is 8.89. The van der Waals surface area contributed by atoms with E-state index in [0.29, 0.717) is 11.7 Å². The number of ketones is 1. The van der Waals surface area contributed by atoms with E-state index in [0.717, 1.165) is 24.7 Å². The summed E-state index contributed by atoms with van der Waals surface area (Å²) >= 11 is 0. The molecule has 0 aromatic heterocycles. The molecule has 0 aliphatic heterocycles. The maximum absolute atomic E-state index is 11.9. The van der Waals surface area contributed by atoms with E-state index in [1.54, 1.807) is 0 Å². The van der Waals surface area contributed by atoms with Crippen LogP contribution in [0.15, 0.2) is 11.6 Å². The van der Waals surface area contributed by atoms with E-state index in [1.165, 1.54) is 12.0 Å². The molecular formula is C14H22O. The van der Waals surface area contributed by atoms with Gasteiger partial charge in [0, 0.05) is 5.41 Å². The minimum absolute atomic E-state index is 0.126. The minimum atomic E-state index is -0.126. The van der Waals surface area contributed by atoms with Crippen molar-refractivity contribution < 1.29 is 4.79 Å². The van der Waals surface area contributed by atoms with Crippen molar-refractivity contribution in [2.24, 2.45) is 23.2 Å². The molecule has 84 valence electrons. The van der Waals surface area contributed by atoms with E-state index in [-0.39, 0.29) is 5.41 Å². The molecule has 3 unspecified atom stereocenters. The average Bonchev–Trinajstić information content (AvgIpc) is 2.15. The molecule has 0 radical (unpaired) electrons. The molecule has 0 amide bonds. The predicted octanol–water partition coefficient (Wildman–Crippen LogP) is 3.59. The van der Waals surface area contributed by atoms with E-state index < -0.39 is 0 Å². The molecule has 0 heterocycles. The van der Waals surface area contributed by atoms with Crippen molar-refractivity contribution >= 4 is 5.78 Å². The van der Waals surface area contributed by atoms with Crippen LogP contribution < -0.4 is 0 Å². The van der Waals surface area contributed by atoms with Crippen molar-refractivity contribution in [2.45, 2.75) is 47.0 Å². The molecule has 3 atom stereocenters. The Balaban J connectivity index is 2.30. The molecule has 1 fully saturated rings. The fraction of sp³-hybridized carbons (Fsp3) is 0.786. The first-order valence-electron chi connectivity index (χ1n) is 6.17. The highest BCUT2D eigenvalue weighted by Crippen LogP contribution is 2.47. The first-order chi connectivity index (χ1) is 6.92. The van der Waals surface area contributed by atoms with Gasteiger partial charge in [-0.05, 0) is 43.1 Å². The van der Waals surface area contributed by atoms with Crippen LogP contribution in [0.2, 0.25) is 0 Å². The first-order valence-corrected chi connectivity index (χ1v) is 6.17. The molecule has 0 saturated heterocycles. The lowest BCUT2D eigenvalue weighted by Crippen LogP contribution is -2.37. The lowest BCUT2D eigenvalue weighted by molar-refractivity contribution is -0.124. The molecule has 2 aliphatic carbocycles. The van der Waals surface area contributed by atoms with E-state index in [9.17, 15) is 4.79 Å². The van der Waals surface area contributed by atoms with Crippen molar-refractivity contribution in [3.05, 3.63) is 11.6 Å². The van der Waals surface area contributed by atoms with Crippen molar-refractivity contribution in [2.75, 3.05) is 0 Å². The third kappa shape index (κ3) is 1.77. The maximum atomic E-state index is 11.9. The maximum Gasteiger partial charge on any atom is 0.161 e. The molecule has 2 rings (SSSR count). The molecule has 0 bridgehead atoms. The molecule has 1 heteroatoms. The van der Waals surface area contributed by atoms with Gasteiger partial charge in [0.1, 0.15) is 0 Å². The highest BCUT2D eigenvalue weighted by Gasteiger charge is 2.41. The molecule has 1 nitrogen and oxygen atoms in total. The smallest absolute Gasteiger partial charge is 0.161 e. The van der Waals surface area contributed by atoms with Gasteiger partial charge in [-0.15, -0.1) is 0 Å². The van der Waals surface area contributed by atoms with Gasteiger partial charge in [0.05, 0.1) is 0 Å². The molecule has 0 aromatic rings. The molecule has 0 spiro atoms. The van der Waals surface area contributed by atoms with Crippen LogP contribution in [0.25, 0.3) is 0 Å². The summed E-state index contributed by atoms with van der Waals surface area (Å²) in [5.41, 5.74) is 1.31. The first kappa shape index (κ1) is 10.9. The normalized spacial score (nSPS) is 39.6. The Labute approximate surface area is 92.9 Å². The number of rotatable bonds is 0. The van der Waals surface area contributed by atoms with Crippen molar-refractivity contribution in [1.82, 2.24) is 0 Å². The molecule has 0 aromatic carbocycles. The van der Waals surface area contributed by atoms with Crippen LogP contribution in [-0.4, -0.2) is 5.78 Å². The van der Waals surface area contributed by atoms with Crippen LogP contribution in [0.3, 0.4) is 0 Å². The van der Waals surface area contributed by atoms with E-state index in [1.807, 2.05) is 6.08 Å². The van der Waals surface area contributed by atoms with E-state index >= 15 is 0 Å². The Hall–Kier alpha value is -0.590. The number of hydrogen-bond donors (Lipinski definition) is 0. The zero-order valence-electron chi connectivity index (χ0n) is 10.3. The molecular weight excluding hydrogens is 184 g/mol. The van der Waals surface area contributed by atoms with Crippen LogP contribution in [-0.2, 0) is 4.79 Å². The van der Waals surface area contributed by atoms with Crippen LogP contribution in [0.5, 0.6) is 0 Å². The number of carbonyl (C=O) groups excluding carboxylic acids is 1. The number of hydrogen-bond acceptors (Lipinski definition) is 1. The van der Waals surface area contributed by atoms with Gasteiger partial charge in [0.2, 0.25) is 0 Å². The Morgan fingerprint density at radius 2 is 2.00 bits per heavy atom. The van der Waals surface area contributed by atoms with Crippen LogP contribution >= 0.6 is 0 Å². The van der Waals surface area contributed by atoms with Crippen LogP contribution in [0.1, 0.15) is 47.0 Å². The molecule has 2 aliphatic rings. The summed E-state index contributed by atoms with van der Waals surface area (Å²) in [6, 6.07) is 0. The minimum Gasteiger partial charge on any atom is -0.294 e. The fourth-order valence-corrected chi connectivity index (χ4v) is 3.09. The Morgan fingerprint density at radius 3 is 2.67 bits per heavy atom. The van der Waals surface area contributed by atoms with Gasteiger partial charge in [-0.2, -0.15) is 0 Å². The fourth-order valence-electron chi connectivity index (χ4n) is 3.09. The highest BCUT2D eigenvalue weighted by atomic mass is 16.1. The Kier molecular flexibility index (Phi) is 2.52. The summed E-state index contributed by atoms with van der Waals surface area (Å²) in [6.07, 6.45) is 5.43. The summed E-state index contributed by atoms with van der Waals surface area (Å²) in [5, 5.41) is 0. The second-order valence-corrected chi connectivity index (χ2v) is 6.15. The molecule has 1 saturated carbocycles. The third-order valence-electron chi connectivity index (χ3n) is 4.61. The summed E-state index contributed by atoms with van der Waals surface area (Å²) in [7, 11) is 0. The zero-order valence-corrected chi connectivity index (χ0v) is 10.3. The van der Waals surface area contributed by atoms with Gasteiger partial charge in [-0.1, -0.05) is 33.3 Å². The zero-order chi connectivity index (χ0) is 11.2. The van der Waals surface area contributed by atoms with Crippen LogP contribution in [0, 0.1) is 23.2 Å². The SMILES string of the molecule is CC1CCC2=CC(=O)C(C)(C)CC2C1C. The van der Waals surface area contributed by atoms with Crippen molar-refractivity contribution in [1.29, 1.82) is 0 Å². The largest absolute Gasteiger partial charge is 0.294 e. The van der Waals surface area contributed by atoms with Gasteiger partial charge in [-0.25, -0.2) is 0 Å². The highest BCUT2D eigenvalue weighted by molar-refractivity contribution is 5.95. The lowest BCUT2D eigenvalue weighted by atomic mass is 9.61. The predicted molar refractivity (Wildman–Crippen MR) is 62.5 cm³/mol. The average molecular weight is 206 g/mol. The third-order valence-corrected chi connectivity index (χ3v) is 4.61. The monoisotopic (exact) mass is 206 g/mol. The van der Waals surface area contributed by atoms with E-state index in [4.69, 9.17) is 0 Å². The number of allylic oxidation sites excluding steroid dienone is 2. The second-order valence-electron chi connectivity index (χ2n) is 6.15. The van der Waals surface area contributed by atoms with Crippen molar-refractivity contribution in [3.63, 3.8) is 0 Å². The Bertz CT molecular complexity index is 311. The van der Waals surface area contributed by atoms with Gasteiger partial charge < -0.3 is 0 Å². The van der Waals surface area contributed by atoms with Gasteiger partial charge in [0.25, 0.3) is 0 Å². The summed E-state index contributed by atoms with van der Waals surface area (Å²) in [4.78, 5) is 11.9. The summed E-state index contributed by atoms with van der Waals surface area (Å²) in [5.74, 6) is 2.57. The topological polar surface area (TPSA) is 17.1 Å². The summed E-state index contributed by atoms with van der Waals surface area (Å²) < 4.78 is 0. The number of fused-ring (bicyclic) bond motifs is 1. The van der Waals surface area contributed by atoms with Crippen molar-refractivity contribution in [3.8, 4) is 0 Å². The van der Waals surface area contributed by atoms with Gasteiger partial charge in [-0.3, -0.25) is 4.79 Å². The molecule has 15 heavy (non-hydrogen) atoms. The Morgan fingerprint density at radius 1 is 1.33 bits per heavy atom.